The molecule has 0 unspecified atom stereocenters. The molecule has 0 saturated heterocycles. The van der Waals surface area contributed by atoms with Gasteiger partial charge < -0.3 is 19.8 Å². The zero-order valence-corrected chi connectivity index (χ0v) is 16.3. The molecule has 3 aromatic rings. The lowest BCUT2D eigenvalue weighted by molar-refractivity contribution is 0.0977. The smallest absolute Gasteiger partial charge is 0.265 e. The molecular formula is C24H23NO4. The van der Waals surface area contributed by atoms with Crippen molar-refractivity contribution in [1.82, 2.24) is 0 Å². The van der Waals surface area contributed by atoms with Gasteiger partial charge in [0.25, 0.3) is 5.91 Å². The van der Waals surface area contributed by atoms with E-state index < -0.39 is 0 Å². The lowest BCUT2D eigenvalue weighted by Gasteiger charge is -2.30. The van der Waals surface area contributed by atoms with Crippen molar-refractivity contribution in [2.75, 3.05) is 11.4 Å². The summed E-state index contributed by atoms with van der Waals surface area (Å²) in [4.78, 5) is 15.2. The van der Waals surface area contributed by atoms with Gasteiger partial charge in [-0.05, 0) is 37.0 Å². The van der Waals surface area contributed by atoms with Gasteiger partial charge in [0.05, 0.1) is 0 Å². The van der Waals surface area contributed by atoms with E-state index in [9.17, 15) is 15.0 Å². The van der Waals surface area contributed by atoms with Crippen LogP contribution in [0.4, 0.5) is 5.69 Å². The molecular weight excluding hydrogens is 366 g/mol. The molecule has 0 bridgehead atoms. The van der Waals surface area contributed by atoms with Crippen LogP contribution in [0.1, 0.15) is 33.5 Å². The summed E-state index contributed by atoms with van der Waals surface area (Å²) >= 11 is 0. The van der Waals surface area contributed by atoms with E-state index in [2.05, 4.69) is 0 Å². The van der Waals surface area contributed by atoms with Gasteiger partial charge in [0.1, 0.15) is 29.4 Å². The molecule has 29 heavy (non-hydrogen) atoms. The molecule has 1 aliphatic heterocycles. The maximum atomic E-state index is 13.5. The average Bonchev–Trinajstić information content (AvgIpc) is 2.75. The first-order valence-electron chi connectivity index (χ1n) is 9.68. The van der Waals surface area contributed by atoms with Crippen LogP contribution in [0.25, 0.3) is 0 Å². The standard InChI is InChI=1S/C24H23NO4/c1-16-20(26)14-21(27)22(23(16)29-15-17-8-3-2-4-9-17)24(28)25-13-7-11-18-10-5-6-12-19(18)25/h2-6,8-10,12,14,26-27H,7,11,13,15H2,1H3. The number of fused-ring (bicyclic) bond motifs is 1. The van der Waals surface area contributed by atoms with Crippen LogP contribution in [0.5, 0.6) is 17.2 Å². The van der Waals surface area contributed by atoms with Crippen LogP contribution in [0.2, 0.25) is 0 Å². The zero-order valence-electron chi connectivity index (χ0n) is 16.3. The molecule has 1 amide bonds. The summed E-state index contributed by atoms with van der Waals surface area (Å²) in [6.45, 7) is 2.46. The second-order valence-electron chi connectivity index (χ2n) is 7.21. The SMILES string of the molecule is Cc1c(O)cc(O)c(C(=O)N2CCCc3ccccc32)c1OCc1ccccc1. The van der Waals surface area contributed by atoms with Crippen molar-refractivity contribution in [3.05, 3.63) is 82.9 Å². The van der Waals surface area contributed by atoms with E-state index in [0.717, 1.165) is 29.7 Å². The van der Waals surface area contributed by atoms with E-state index >= 15 is 0 Å². The normalized spacial score (nSPS) is 13.1. The van der Waals surface area contributed by atoms with Crippen LogP contribution in [0, 0.1) is 6.92 Å². The predicted octanol–water partition coefficient (Wildman–Crippen LogP) is 4.58. The van der Waals surface area contributed by atoms with Crippen LogP contribution in [-0.2, 0) is 13.0 Å². The highest BCUT2D eigenvalue weighted by Crippen LogP contribution is 2.40. The molecule has 5 heteroatoms. The van der Waals surface area contributed by atoms with Crippen LogP contribution in [0.15, 0.2) is 60.7 Å². The van der Waals surface area contributed by atoms with Crippen LogP contribution >= 0.6 is 0 Å². The Morgan fingerprint density at radius 3 is 2.55 bits per heavy atom. The molecule has 3 aromatic carbocycles. The highest BCUT2D eigenvalue weighted by atomic mass is 16.5. The van der Waals surface area contributed by atoms with Crippen molar-refractivity contribution in [2.24, 2.45) is 0 Å². The first kappa shape index (κ1) is 18.9. The Morgan fingerprint density at radius 2 is 1.76 bits per heavy atom. The molecule has 0 spiro atoms. The third kappa shape index (κ3) is 3.63. The minimum absolute atomic E-state index is 0.0768. The minimum Gasteiger partial charge on any atom is -0.507 e. The number of aromatic hydroxyl groups is 2. The first-order valence-corrected chi connectivity index (χ1v) is 9.68. The second kappa shape index (κ2) is 7.87. The number of aryl methyl sites for hydroxylation is 1. The summed E-state index contributed by atoms with van der Waals surface area (Å²) in [7, 11) is 0. The van der Waals surface area contributed by atoms with E-state index in [0.29, 0.717) is 12.1 Å². The molecule has 0 radical (unpaired) electrons. The van der Waals surface area contributed by atoms with E-state index in [4.69, 9.17) is 4.74 Å². The quantitative estimate of drug-likeness (QED) is 0.685. The number of phenols is 2. The van der Waals surface area contributed by atoms with Gasteiger partial charge in [-0.3, -0.25) is 4.79 Å². The van der Waals surface area contributed by atoms with Crippen molar-refractivity contribution in [3.8, 4) is 17.2 Å². The minimum atomic E-state index is -0.333. The Morgan fingerprint density at radius 1 is 1.03 bits per heavy atom. The number of hydrogen-bond donors (Lipinski definition) is 2. The zero-order chi connectivity index (χ0) is 20.4. The fraction of sp³-hybridized carbons (Fsp3) is 0.208. The lowest BCUT2D eigenvalue weighted by atomic mass is 9.99. The fourth-order valence-corrected chi connectivity index (χ4v) is 3.73. The van der Waals surface area contributed by atoms with Gasteiger partial charge in [0, 0.05) is 23.9 Å². The Hall–Kier alpha value is -3.47. The van der Waals surface area contributed by atoms with Crippen molar-refractivity contribution >= 4 is 11.6 Å². The fourth-order valence-electron chi connectivity index (χ4n) is 3.73. The van der Waals surface area contributed by atoms with Crippen LogP contribution < -0.4 is 9.64 Å². The third-order valence-electron chi connectivity index (χ3n) is 5.28. The average molecular weight is 389 g/mol. The number of carbonyl (C=O) groups excluding carboxylic acids is 1. The summed E-state index contributed by atoms with van der Waals surface area (Å²) in [6.07, 6.45) is 1.76. The van der Waals surface area contributed by atoms with Crippen LogP contribution in [-0.4, -0.2) is 22.7 Å². The van der Waals surface area contributed by atoms with Crippen molar-refractivity contribution in [3.63, 3.8) is 0 Å². The van der Waals surface area contributed by atoms with E-state index in [1.807, 2.05) is 54.6 Å². The van der Waals surface area contributed by atoms with Gasteiger partial charge in [-0.15, -0.1) is 0 Å². The Kier molecular flexibility index (Phi) is 5.12. The van der Waals surface area contributed by atoms with Crippen LogP contribution in [0.3, 0.4) is 0 Å². The molecule has 2 N–H and O–H groups in total. The molecule has 5 nitrogen and oxygen atoms in total. The van der Waals surface area contributed by atoms with Gasteiger partial charge in [0.2, 0.25) is 0 Å². The van der Waals surface area contributed by atoms with E-state index in [1.165, 1.54) is 6.07 Å². The molecule has 1 aliphatic rings. The Bertz CT molecular complexity index is 1050. The summed E-state index contributed by atoms with van der Waals surface area (Å²) in [6, 6.07) is 18.6. The number of amides is 1. The number of ether oxygens (including phenoxy) is 1. The molecule has 0 fully saturated rings. The summed E-state index contributed by atoms with van der Waals surface area (Å²) in [5.41, 5.74) is 3.38. The molecule has 4 rings (SSSR count). The molecule has 0 atom stereocenters. The monoisotopic (exact) mass is 389 g/mol. The van der Waals surface area contributed by atoms with Gasteiger partial charge in [-0.2, -0.15) is 0 Å². The summed E-state index contributed by atoms with van der Waals surface area (Å²) in [5.74, 6) is -0.523. The number of para-hydroxylation sites is 1. The third-order valence-corrected chi connectivity index (χ3v) is 5.28. The number of nitrogens with zero attached hydrogens (tertiary/aromatic N) is 1. The van der Waals surface area contributed by atoms with Gasteiger partial charge in [-0.1, -0.05) is 48.5 Å². The number of phenolic OH excluding ortho intramolecular Hbond substituents is 2. The number of benzene rings is 3. The first-order chi connectivity index (χ1) is 14.1. The van der Waals surface area contributed by atoms with Crippen molar-refractivity contribution in [1.29, 1.82) is 0 Å². The van der Waals surface area contributed by atoms with E-state index in [-0.39, 0.29) is 35.3 Å². The topological polar surface area (TPSA) is 70.0 Å². The second-order valence-corrected chi connectivity index (χ2v) is 7.21. The Balaban J connectivity index is 1.73. The highest BCUT2D eigenvalue weighted by molar-refractivity contribution is 6.10. The summed E-state index contributed by atoms with van der Waals surface area (Å²) in [5, 5.41) is 20.7. The number of carbonyl (C=O) groups is 1. The Labute approximate surface area is 169 Å². The molecule has 0 aromatic heterocycles. The summed E-state index contributed by atoms with van der Waals surface area (Å²) < 4.78 is 5.95. The number of rotatable bonds is 4. The molecule has 148 valence electrons. The highest BCUT2D eigenvalue weighted by Gasteiger charge is 2.30. The largest absolute Gasteiger partial charge is 0.507 e. The maximum Gasteiger partial charge on any atom is 0.265 e. The van der Waals surface area contributed by atoms with E-state index in [1.54, 1.807) is 11.8 Å². The molecule has 0 saturated carbocycles. The molecule has 0 aliphatic carbocycles. The number of anilines is 1. The van der Waals surface area contributed by atoms with Crippen molar-refractivity contribution in [2.45, 2.75) is 26.4 Å². The van der Waals surface area contributed by atoms with Gasteiger partial charge in [-0.25, -0.2) is 0 Å². The van der Waals surface area contributed by atoms with Gasteiger partial charge in [0.15, 0.2) is 0 Å². The van der Waals surface area contributed by atoms with Crippen molar-refractivity contribution < 1.29 is 19.7 Å². The molecule has 1 heterocycles. The lowest BCUT2D eigenvalue weighted by Crippen LogP contribution is -2.35. The predicted molar refractivity (Wildman–Crippen MR) is 112 cm³/mol. The maximum absolute atomic E-state index is 13.5. The van der Waals surface area contributed by atoms with Gasteiger partial charge >= 0.3 is 0 Å². The number of hydrogen-bond acceptors (Lipinski definition) is 4.